The molecule has 92 valence electrons. The maximum atomic E-state index is 8.61. The fourth-order valence-corrected chi connectivity index (χ4v) is 1.04. The zero-order valence-corrected chi connectivity index (χ0v) is 8.46. The van der Waals surface area contributed by atoms with Crippen molar-refractivity contribution >= 4 is 6.16 Å². The molecular formula is C8H19NO6. The van der Waals surface area contributed by atoms with Gasteiger partial charge in [-0.3, -0.25) is 0 Å². The molecule has 0 heterocycles. The average molecular weight is 225 g/mol. The van der Waals surface area contributed by atoms with E-state index >= 15 is 0 Å². The molecule has 0 aromatic heterocycles. The molecule has 0 aromatic carbocycles. The minimum atomic E-state index is -1.83. The number of hydrogen-bond donors (Lipinski definition) is 6. The molecule has 0 aliphatic heterocycles. The molecule has 0 aliphatic carbocycles. The average Bonchev–Trinajstić information content (AvgIpc) is 2.03. The van der Waals surface area contributed by atoms with Crippen LogP contribution in [-0.4, -0.2) is 57.0 Å². The van der Waals surface area contributed by atoms with Crippen molar-refractivity contribution in [2.75, 3.05) is 19.8 Å². The third kappa shape index (κ3) is 13.1. The quantitative estimate of drug-likeness (QED) is 0.342. The number of carbonyl (C=O) groups is 1. The molecule has 0 saturated carbocycles. The van der Waals surface area contributed by atoms with Crippen LogP contribution < -0.4 is 5.73 Å². The van der Waals surface area contributed by atoms with Gasteiger partial charge in [0.05, 0.1) is 0 Å². The highest BCUT2D eigenvalue weighted by atomic mass is 16.6. The second-order valence-electron chi connectivity index (χ2n) is 3.07. The van der Waals surface area contributed by atoms with Gasteiger partial charge in [0, 0.05) is 25.4 Å². The second-order valence-corrected chi connectivity index (χ2v) is 3.07. The number of hydrogen-bond acceptors (Lipinski definition) is 5. The van der Waals surface area contributed by atoms with E-state index in [-0.39, 0.29) is 19.8 Å². The molecule has 15 heavy (non-hydrogen) atoms. The van der Waals surface area contributed by atoms with E-state index in [2.05, 4.69) is 0 Å². The van der Waals surface area contributed by atoms with Crippen molar-refractivity contribution in [1.29, 1.82) is 0 Å². The summed E-state index contributed by atoms with van der Waals surface area (Å²) in [5.41, 5.74) is 5.15. The molecule has 0 atom stereocenters. The lowest BCUT2D eigenvalue weighted by molar-refractivity contribution is 0.136. The molecule has 0 fully saturated rings. The Balaban J connectivity index is 0. The monoisotopic (exact) mass is 225 g/mol. The third-order valence-corrected chi connectivity index (χ3v) is 1.83. The summed E-state index contributed by atoms with van der Waals surface area (Å²) in [4.78, 5) is 8.56. The molecule has 0 aliphatic rings. The van der Waals surface area contributed by atoms with Gasteiger partial charge in [-0.25, -0.2) is 4.79 Å². The first-order valence-electron chi connectivity index (χ1n) is 4.45. The van der Waals surface area contributed by atoms with Crippen LogP contribution in [-0.2, 0) is 0 Å². The minimum absolute atomic E-state index is 0.00347. The van der Waals surface area contributed by atoms with E-state index in [1.165, 1.54) is 0 Å². The molecule has 0 saturated heterocycles. The van der Waals surface area contributed by atoms with Gasteiger partial charge in [-0.2, -0.15) is 0 Å². The highest BCUT2D eigenvalue weighted by molar-refractivity contribution is 5.53. The van der Waals surface area contributed by atoms with E-state index in [0.29, 0.717) is 19.3 Å². The molecule has 7 heteroatoms. The molecule has 0 unspecified atom stereocenters. The Morgan fingerprint density at radius 1 is 0.933 bits per heavy atom. The van der Waals surface area contributed by atoms with E-state index in [1.54, 1.807) is 0 Å². The number of rotatable bonds is 6. The summed E-state index contributed by atoms with van der Waals surface area (Å²) in [7, 11) is 0. The normalized spacial score (nSPS) is 10.4. The summed E-state index contributed by atoms with van der Waals surface area (Å²) in [6.45, 7) is -0.0104. The van der Waals surface area contributed by atoms with Crippen LogP contribution >= 0.6 is 0 Å². The smallest absolute Gasteiger partial charge is 0.450 e. The van der Waals surface area contributed by atoms with Crippen LogP contribution in [0, 0.1) is 0 Å². The lowest BCUT2D eigenvalue weighted by Gasteiger charge is -2.26. The van der Waals surface area contributed by atoms with Crippen LogP contribution in [0.3, 0.4) is 0 Å². The number of aliphatic hydroxyl groups is 3. The Morgan fingerprint density at radius 3 is 1.27 bits per heavy atom. The predicted molar refractivity (Wildman–Crippen MR) is 52.7 cm³/mol. The Bertz CT molecular complexity index is 142. The van der Waals surface area contributed by atoms with Gasteiger partial charge in [-0.05, 0) is 19.3 Å². The summed E-state index contributed by atoms with van der Waals surface area (Å²) in [5, 5.41) is 39.8. The maximum Gasteiger partial charge on any atom is 0.503 e. The first-order valence-corrected chi connectivity index (χ1v) is 4.45. The van der Waals surface area contributed by atoms with Crippen LogP contribution in [0.15, 0.2) is 0 Å². The van der Waals surface area contributed by atoms with Gasteiger partial charge in [-0.15, -0.1) is 0 Å². The van der Waals surface area contributed by atoms with Crippen molar-refractivity contribution in [2.24, 2.45) is 5.73 Å². The summed E-state index contributed by atoms with van der Waals surface area (Å²) in [6, 6.07) is 0. The highest BCUT2D eigenvalue weighted by Gasteiger charge is 2.22. The highest BCUT2D eigenvalue weighted by Crippen LogP contribution is 2.15. The van der Waals surface area contributed by atoms with Crippen LogP contribution in [0.2, 0.25) is 0 Å². The van der Waals surface area contributed by atoms with Crippen molar-refractivity contribution < 1.29 is 30.3 Å². The Hall–Kier alpha value is -0.890. The van der Waals surface area contributed by atoms with Crippen LogP contribution in [0.4, 0.5) is 4.79 Å². The van der Waals surface area contributed by atoms with Gasteiger partial charge in [-0.1, -0.05) is 0 Å². The summed E-state index contributed by atoms with van der Waals surface area (Å²) >= 11 is 0. The van der Waals surface area contributed by atoms with Gasteiger partial charge >= 0.3 is 6.16 Å². The van der Waals surface area contributed by atoms with Crippen molar-refractivity contribution in [2.45, 2.75) is 24.8 Å². The molecule has 0 radical (unpaired) electrons. The van der Waals surface area contributed by atoms with Crippen molar-refractivity contribution in [1.82, 2.24) is 0 Å². The van der Waals surface area contributed by atoms with E-state index < -0.39 is 11.7 Å². The standard InChI is InChI=1S/C7H17NO3.CH2O3/c8-7(1-4-9,2-5-10)3-6-11;2-1(3)4/h9-11H,1-6,8H2;(H2,2,3,4). The summed E-state index contributed by atoms with van der Waals surface area (Å²) < 4.78 is 0. The van der Waals surface area contributed by atoms with E-state index in [9.17, 15) is 0 Å². The number of aliphatic hydroxyl groups excluding tert-OH is 3. The molecule has 0 bridgehead atoms. The zero-order chi connectivity index (χ0) is 12.3. The summed E-state index contributed by atoms with van der Waals surface area (Å²) in [6.07, 6.45) is -0.559. The van der Waals surface area contributed by atoms with Gasteiger partial charge in [0.15, 0.2) is 0 Å². The van der Waals surface area contributed by atoms with Crippen LogP contribution in [0.1, 0.15) is 19.3 Å². The third-order valence-electron chi connectivity index (χ3n) is 1.83. The van der Waals surface area contributed by atoms with Crippen molar-refractivity contribution in [3.05, 3.63) is 0 Å². The van der Waals surface area contributed by atoms with E-state index in [4.69, 9.17) is 36.1 Å². The molecule has 0 rings (SSSR count). The molecule has 7 nitrogen and oxygen atoms in total. The van der Waals surface area contributed by atoms with E-state index in [0.717, 1.165) is 0 Å². The molecule has 0 aromatic rings. The zero-order valence-electron chi connectivity index (χ0n) is 8.46. The largest absolute Gasteiger partial charge is 0.503 e. The van der Waals surface area contributed by atoms with Gasteiger partial charge in [0.1, 0.15) is 0 Å². The first-order chi connectivity index (χ1) is 6.91. The molecule has 0 amide bonds. The Labute approximate surface area is 87.8 Å². The van der Waals surface area contributed by atoms with Gasteiger partial charge in [0.25, 0.3) is 0 Å². The van der Waals surface area contributed by atoms with E-state index in [1.807, 2.05) is 0 Å². The van der Waals surface area contributed by atoms with Crippen molar-refractivity contribution in [3.63, 3.8) is 0 Å². The lowest BCUT2D eigenvalue weighted by Crippen LogP contribution is -2.42. The minimum Gasteiger partial charge on any atom is -0.450 e. The van der Waals surface area contributed by atoms with Crippen LogP contribution in [0.5, 0.6) is 0 Å². The molecular weight excluding hydrogens is 206 g/mol. The number of carboxylic acid groups (broad SMARTS) is 2. The Kier molecular flexibility index (Phi) is 10.6. The second kappa shape index (κ2) is 9.66. The summed E-state index contributed by atoms with van der Waals surface area (Å²) in [5.74, 6) is 0. The van der Waals surface area contributed by atoms with Gasteiger partial charge < -0.3 is 31.3 Å². The first kappa shape index (κ1) is 16.5. The van der Waals surface area contributed by atoms with Crippen molar-refractivity contribution in [3.8, 4) is 0 Å². The molecule has 0 spiro atoms. The van der Waals surface area contributed by atoms with Crippen LogP contribution in [0.25, 0.3) is 0 Å². The fourth-order valence-electron chi connectivity index (χ4n) is 1.04. The fraction of sp³-hybridized carbons (Fsp3) is 0.875. The predicted octanol–water partition coefficient (Wildman–Crippen LogP) is -0.946. The number of nitrogens with two attached hydrogens (primary N) is 1. The van der Waals surface area contributed by atoms with Gasteiger partial charge in [0.2, 0.25) is 0 Å². The molecule has 7 N–H and O–H groups in total. The topological polar surface area (TPSA) is 144 Å². The lowest BCUT2D eigenvalue weighted by atomic mass is 9.90. The Morgan fingerprint density at radius 2 is 1.13 bits per heavy atom. The SMILES string of the molecule is NC(CCO)(CCO)CCO.O=C(O)O. The maximum absolute atomic E-state index is 8.61.